The number of hydrogen-bond donors (Lipinski definition) is 2. The van der Waals surface area contributed by atoms with Crippen molar-refractivity contribution in [3.05, 3.63) is 35.4 Å². The van der Waals surface area contributed by atoms with Crippen molar-refractivity contribution >= 4 is 42.5 Å². The number of nitriles is 1. The van der Waals surface area contributed by atoms with Crippen LogP contribution in [0.3, 0.4) is 0 Å². The van der Waals surface area contributed by atoms with Crippen molar-refractivity contribution in [2.45, 2.75) is 25.0 Å². The van der Waals surface area contributed by atoms with E-state index in [9.17, 15) is 4.79 Å². The van der Waals surface area contributed by atoms with E-state index >= 15 is 0 Å². The Morgan fingerprint density at radius 3 is 3.00 bits per heavy atom. The summed E-state index contributed by atoms with van der Waals surface area (Å²) in [4.78, 5) is 14.3. The van der Waals surface area contributed by atoms with Gasteiger partial charge in [-0.1, -0.05) is 12.1 Å². The molecule has 0 spiro atoms. The van der Waals surface area contributed by atoms with Gasteiger partial charge in [0.25, 0.3) is 0 Å². The minimum absolute atomic E-state index is 0. The smallest absolute Gasteiger partial charge is 0.240 e. The van der Waals surface area contributed by atoms with E-state index in [1.165, 1.54) is 0 Å². The molecule has 2 heterocycles. The van der Waals surface area contributed by atoms with Gasteiger partial charge in [0.15, 0.2) is 0 Å². The summed E-state index contributed by atoms with van der Waals surface area (Å²) < 4.78 is 0. The molecule has 0 aromatic heterocycles. The van der Waals surface area contributed by atoms with E-state index < -0.39 is 0 Å². The molecule has 24 heavy (non-hydrogen) atoms. The molecular weight excluding hydrogens is 367 g/mol. The van der Waals surface area contributed by atoms with Gasteiger partial charge in [0.05, 0.1) is 23.6 Å². The van der Waals surface area contributed by atoms with Crippen LogP contribution in [0.2, 0.25) is 0 Å². The van der Waals surface area contributed by atoms with Crippen molar-refractivity contribution in [2.75, 3.05) is 24.7 Å². The molecule has 0 saturated carbocycles. The molecule has 2 aliphatic heterocycles. The highest BCUT2D eigenvalue weighted by Gasteiger charge is 2.33. The number of rotatable bonds is 4. The molecule has 2 fully saturated rings. The molecule has 132 valence electrons. The van der Waals surface area contributed by atoms with E-state index in [4.69, 9.17) is 5.26 Å². The maximum Gasteiger partial charge on any atom is 0.240 e. The van der Waals surface area contributed by atoms with Crippen LogP contribution >= 0.6 is 36.6 Å². The fourth-order valence-electron chi connectivity index (χ4n) is 2.90. The number of amides is 1. The van der Waals surface area contributed by atoms with E-state index in [0.29, 0.717) is 11.6 Å². The Bertz CT molecular complexity index is 590. The molecule has 0 aliphatic carbocycles. The van der Waals surface area contributed by atoms with E-state index in [0.717, 1.165) is 43.2 Å². The second kappa shape index (κ2) is 10.1. The van der Waals surface area contributed by atoms with Gasteiger partial charge in [0.2, 0.25) is 5.91 Å². The maximum atomic E-state index is 12.3. The van der Waals surface area contributed by atoms with E-state index in [1.807, 2.05) is 40.9 Å². The lowest BCUT2D eigenvalue weighted by molar-refractivity contribution is -0.131. The van der Waals surface area contributed by atoms with Gasteiger partial charge in [0, 0.05) is 31.4 Å². The molecule has 2 N–H and O–H groups in total. The van der Waals surface area contributed by atoms with Crippen molar-refractivity contribution in [1.82, 2.24) is 15.5 Å². The van der Waals surface area contributed by atoms with Crippen LogP contribution in [0, 0.1) is 11.3 Å². The Labute approximate surface area is 159 Å². The van der Waals surface area contributed by atoms with Crippen LogP contribution in [0.25, 0.3) is 0 Å². The van der Waals surface area contributed by atoms with Crippen molar-refractivity contribution in [3.8, 4) is 6.07 Å². The van der Waals surface area contributed by atoms with Gasteiger partial charge in [-0.2, -0.15) is 5.26 Å². The Morgan fingerprint density at radius 1 is 1.46 bits per heavy atom. The van der Waals surface area contributed by atoms with Crippen LogP contribution in [0.4, 0.5) is 0 Å². The minimum atomic E-state index is -0.0540. The highest BCUT2D eigenvalue weighted by molar-refractivity contribution is 7.99. The first-order valence-electron chi connectivity index (χ1n) is 7.58. The van der Waals surface area contributed by atoms with Crippen molar-refractivity contribution in [1.29, 1.82) is 5.26 Å². The first kappa shape index (κ1) is 21.1. The summed E-state index contributed by atoms with van der Waals surface area (Å²) in [5.74, 6) is 2.12. The molecular formula is C16H22Cl2N4OS. The van der Waals surface area contributed by atoms with Gasteiger partial charge in [0.1, 0.15) is 0 Å². The number of carbonyl (C=O) groups excluding carboxylic acids is 1. The fraction of sp³-hybridized carbons (Fsp3) is 0.500. The summed E-state index contributed by atoms with van der Waals surface area (Å²) in [7, 11) is 0. The average Bonchev–Trinajstić information content (AvgIpc) is 3.24. The fourth-order valence-corrected chi connectivity index (χ4v) is 3.86. The number of hydrogen-bond acceptors (Lipinski definition) is 5. The van der Waals surface area contributed by atoms with E-state index in [2.05, 4.69) is 16.7 Å². The highest BCUT2D eigenvalue weighted by Crippen LogP contribution is 2.17. The van der Waals surface area contributed by atoms with Gasteiger partial charge in [-0.05, 0) is 24.1 Å². The predicted molar refractivity (Wildman–Crippen MR) is 102 cm³/mol. The summed E-state index contributed by atoms with van der Waals surface area (Å²) in [5, 5.41) is 15.7. The van der Waals surface area contributed by atoms with E-state index in [1.54, 1.807) is 0 Å². The molecule has 3 rings (SSSR count). The molecule has 0 bridgehead atoms. The number of thioether (sulfide) groups is 1. The third-order valence-electron chi connectivity index (χ3n) is 4.14. The largest absolute Gasteiger partial charge is 0.331 e. The Balaban J connectivity index is 0.00000144. The number of carbonyl (C=O) groups is 1. The monoisotopic (exact) mass is 388 g/mol. The normalized spacial score (nSPS) is 22.4. The quantitative estimate of drug-likeness (QED) is 0.822. The average molecular weight is 389 g/mol. The maximum absolute atomic E-state index is 12.3. The van der Waals surface area contributed by atoms with Gasteiger partial charge in [-0.3, -0.25) is 4.79 Å². The van der Waals surface area contributed by atoms with Crippen LogP contribution in [-0.4, -0.2) is 47.6 Å². The zero-order valence-corrected chi connectivity index (χ0v) is 15.7. The number of benzene rings is 1. The topological polar surface area (TPSA) is 68.2 Å². The molecule has 8 heteroatoms. The highest BCUT2D eigenvalue weighted by atomic mass is 35.5. The summed E-state index contributed by atoms with van der Waals surface area (Å²) in [6.45, 7) is 2.42. The second-order valence-electron chi connectivity index (χ2n) is 5.73. The number of nitrogens with one attached hydrogen (secondary N) is 2. The molecule has 1 amide bonds. The Morgan fingerprint density at radius 2 is 2.29 bits per heavy atom. The Kier molecular flexibility index (Phi) is 8.88. The van der Waals surface area contributed by atoms with Crippen LogP contribution in [0.1, 0.15) is 17.5 Å². The van der Waals surface area contributed by atoms with Crippen LogP contribution in [0.15, 0.2) is 24.3 Å². The van der Waals surface area contributed by atoms with Gasteiger partial charge in [-0.15, -0.1) is 36.6 Å². The van der Waals surface area contributed by atoms with Crippen molar-refractivity contribution in [2.24, 2.45) is 0 Å². The summed E-state index contributed by atoms with van der Waals surface area (Å²) in [6.07, 6.45) is 0.831. The second-order valence-corrected chi connectivity index (χ2v) is 6.80. The molecule has 2 atom stereocenters. The van der Waals surface area contributed by atoms with E-state index in [-0.39, 0.29) is 36.8 Å². The summed E-state index contributed by atoms with van der Waals surface area (Å²) in [6, 6.07) is 10.0. The molecule has 2 aliphatic rings. The molecule has 1 aromatic rings. The van der Waals surface area contributed by atoms with Crippen molar-refractivity contribution < 1.29 is 4.79 Å². The molecule has 0 radical (unpaired) electrons. The standard InChI is InChI=1S/C16H20N4OS.2ClH/c17-8-12-2-1-3-13(6-12)9-18-14-7-15(19-10-14)16(21)20-4-5-22-11-20;;/h1-3,6,14-15,18-19H,4-5,7,9-11H2;2*1H/t14-,15-;;/m0../s1. The van der Waals surface area contributed by atoms with Crippen molar-refractivity contribution in [3.63, 3.8) is 0 Å². The zero-order valence-electron chi connectivity index (χ0n) is 13.2. The summed E-state index contributed by atoms with van der Waals surface area (Å²) >= 11 is 1.82. The lowest BCUT2D eigenvalue weighted by atomic mass is 10.1. The van der Waals surface area contributed by atoms with Gasteiger partial charge >= 0.3 is 0 Å². The SMILES string of the molecule is Cl.Cl.N#Cc1cccc(CN[C@@H]2CN[C@H](C(=O)N3CCSC3)C2)c1. The Hall–Kier alpha value is -0.970. The molecule has 2 saturated heterocycles. The van der Waals surface area contributed by atoms with Crippen LogP contribution in [-0.2, 0) is 11.3 Å². The van der Waals surface area contributed by atoms with Gasteiger partial charge in [-0.25, -0.2) is 0 Å². The lowest BCUT2D eigenvalue weighted by Crippen LogP contribution is -2.42. The summed E-state index contributed by atoms with van der Waals surface area (Å²) in [5.41, 5.74) is 1.79. The third kappa shape index (κ3) is 5.27. The molecule has 5 nitrogen and oxygen atoms in total. The number of halogens is 2. The minimum Gasteiger partial charge on any atom is -0.331 e. The first-order valence-corrected chi connectivity index (χ1v) is 8.74. The first-order chi connectivity index (χ1) is 10.8. The molecule has 0 unspecified atom stereocenters. The zero-order chi connectivity index (χ0) is 15.4. The lowest BCUT2D eigenvalue weighted by Gasteiger charge is -2.19. The van der Waals surface area contributed by atoms with Gasteiger partial charge < -0.3 is 15.5 Å². The number of nitrogens with zero attached hydrogens (tertiary/aromatic N) is 2. The third-order valence-corrected chi connectivity index (χ3v) is 5.11. The molecule has 1 aromatic carbocycles. The predicted octanol–water partition coefficient (Wildman–Crippen LogP) is 1.75. The van der Waals surface area contributed by atoms with Crippen LogP contribution in [0.5, 0.6) is 0 Å². The van der Waals surface area contributed by atoms with Crippen LogP contribution < -0.4 is 10.6 Å².